The smallest absolute Gasteiger partial charge is 0.234 e. The lowest BCUT2D eigenvalue weighted by Gasteiger charge is -2.09. The lowest BCUT2D eigenvalue weighted by atomic mass is 10.3. The third kappa shape index (κ3) is 4.35. The molecule has 3 aromatic rings. The van der Waals surface area contributed by atoms with Crippen molar-refractivity contribution in [1.29, 1.82) is 0 Å². The summed E-state index contributed by atoms with van der Waals surface area (Å²) in [5.41, 5.74) is 0.419. The summed E-state index contributed by atoms with van der Waals surface area (Å²) in [6, 6.07) is 6.98. The van der Waals surface area contributed by atoms with Crippen LogP contribution in [0.2, 0.25) is 15.1 Å². The molecule has 2 aromatic heterocycles. The van der Waals surface area contributed by atoms with Crippen molar-refractivity contribution in [2.45, 2.75) is 18.6 Å². The van der Waals surface area contributed by atoms with E-state index in [1.54, 1.807) is 11.3 Å². The zero-order valence-electron chi connectivity index (χ0n) is 13.5. The van der Waals surface area contributed by atoms with E-state index in [2.05, 4.69) is 15.5 Å². The Morgan fingerprint density at radius 1 is 1.23 bits per heavy atom. The average Bonchev–Trinajstić information content (AvgIpc) is 3.26. The van der Waals surface area contributed by atoms with Gasteiger partial charge < -0.3 is 9.88 Å². The zero-order chi connectivity index (χ0) is 18.7. The molecule has 0 aliphatic carbocycles. The largest absolute Gasteiger partial charge is 0.324 e. The minimum absolute atomic E-state index is 0.166. The van der Waals surface area contributed by atoms with Crippen LogP contribution in [0.4, 0.5) is 5.69 Å². The predicted molar refractivity (Wildman–Crippen MR) is 110 cm³/mol. The molecule has 5 nitrogen and oxygen atoms in total. The van der Waals surface area contributed by atoms with E-state index in [9.17, 15) is 4.79 Å². The van der Waals surface area contributed by atoms with Crippen LogP contribution in [0.5, 0.6) is 0 Å². The first-order chi connectivity index (χ1) is 12.5. The third-order valence-electron chi connectivity index (χ3n) is 3.39. The Bertz CT molecular complexity index is 928. The summed E-state index contributed by atoms with van der Waals surface area (Å²) in [4.78, 5) is 13.3. The SMILES string of the molecule is CCn1c(SCC(=O)Nc2cc(Cl)c(Cl)cc2Cl)nnc1-c1cccs1. The van der Waals surface area contributed by atoms with Gasteiger partial charge in [-0.15, -0.1) is 21.5 Å². The molecule has 10 heteroatoms. The van der Waals surface area contributed by atoms with Crippen LogP contribution in [0.25, 0.3) is 10.7 Å². The number of hydrogen-bond donors (Lipinski definition) is 1. The second kappa shape index (κ2) is 8.63. The van der Waals surface area contributed by atoms with Gasteiger partial charge in [-0.3, -0.25) is 4.79 Å². The highest BCUT2D eigenvalue weighted by molar-refractivity contribution is 7.99. The highest BCUT2D eigenvalue weighted by Gasteiger charge is 2.16. The van der Waals surface area contributed by atoms with Crippen molar-refractivity contribution in [3.8, 4) is 10.7 Å². The number of aromatic nitrogens is 3. The first kappa shape index (κ1) is 19.5. The summed E-state index contributed by atoms with van der Waals surface area (Å²) in [5, 5.41) is 14.8. The molecule has 0 saturated carbocycles. The first-order valence-corrected chi connectivity index (χ1v) is 10.5. The van der Waals surface area contributed by atoms with E-state index in [-0.39, 0.29) is 11.7 Å². The van der Waals surface area contributed by atoms with Crippen LogP contribution in [-0.2, 0) is 11.3 Å². The molecule has 1 N–H and O–H groups in total. The topological polar surface area (TPSA) is 59.8 Å². The van der Waals surface area contributed by atoms with E-state index >= 15 is 0 Å². The van der Waals surface area contributed by atoms with Crippen LogP contribution in [0.1, 0.15) is 6.92 Å². The molecule has 0 fully saturated rings. The Labute approximate surface area is 173 Å². The van der Waals surface area contributed by atoms with Crippen LogP contribution in [0.3, 0.4) is 0 Å². The van der Waals surface area contributed by atoms with Gasteiger partial charge in [-0.25, -0.2) is 0 Å². The van der Waals surface area contributed by atoms with E-state index in [4.69, 9.17) is 34.8 Å². The molecule has 1 aromatic carbocycles. The number of thiophene rings is 1. The molecule has 0 aliphatic rings. The second-order valence-corrected chi connectivity index (χ2v) is 8.22. The Morgan fingerprint density at radius 2 is 2.00 bits per heavy atom. The molecule has 0 bridgehead atoms. The molecule has 2 heterocycles. The van der Waals surface area contributed by atoms with Gasteiger partial charge in [0.05, 0.1) is 31.4 Å². The van der Waals surface area contributed by atoms with Crippen molar-refractivity contribution in [2.75, 3.05) is 11.1 Å². The van der Waals surface area contributed by atoms with Crippen molar-refractivity contribution in [1.82, 2.24) is 14.8 Å². The van der Waals surface area contributed by atoms with Crippen molar-refractivity contribution < 1.29 is 4.79 Å². The first-order valence-electron chi connectivity index (χ1n) is 7.54. The summed E-state index contributed by atoms with van der Waals surface area (Å²) in [7, 11) is 0. The van der Waals surface area contributed by atoms with Crippen molar-refractivity contribution in [3.05, 3.63) is 44.7 Å². The van der Waals surface area contributed by atoms with Gasteiger partial charge >= 0.3 is 0 Å². The van der Waals surface area contributed by atoms with Crippen molar-refractivity contribution in [2.24, 2.45) is 0 Å². The number of nitrogens with one attached hydrogen (secondary N) is 1. The maximum absolute atomic E-state index is 12.2. The van der Waals surface area contributed by atoms with Crippen LogP contribution in [0.15, 0.2) is 34.8 Å². The Hall–Kier alpha value is -1.25. The number of amides is 1. The van der Waals surface area contributed by atoms with Gasteiger partial charge in [0, 0.05) is 6.54 Å². The molecule has 0 spiro atoms. The molecule has 1 amide bonds. The lowest BCUT2D eigenvalue weighted by molar-refractivity contribution is -0.113. The third-order valence-corrected chi connectivity index (χ3v) is 6.26. The quantitative estimate of drug-likeness (QED) is 0.388. The number of hydrogen-bond acceptors (Lipinski definition) is 5. The number of halogens is 3. The predicted octanol–water partition coefficient (Wildman–Crippen LogP) is 5.72. The van der Waals surface area contributed by atoms with Gasteiger partial charge in [-0.05, 0) is 30.5 Å². The molecule has 3 rings (SSSR count). The monoisotopic (exact) mass is 446 g/mol. The van der Waals surface area contributed by atoms with Gasteiger partial charge in [-0.1, -0.05) is 52.6 Å². The molecule has 136 valence electrons. The minimum atomic E-state index is -0.224. The van der Waals surface area contributed by atoms with Crippen molar-refractivity contribution >= 4 is 69.5 Å². The van der Waals surface area contributed by atoms with Gasteiger partial charge in [0.1, 0.15) is 0 Å². The van der Waals surface area contributed by atoms with Gasteiger partial charge in [0.15, 0.2) is 11.0 Å². The van der Waals surface area contributed by atoms with Crippen LogP contribution in [-0.4, -0.2) is 26.4 Å². The molecule has 0 atom stereocenters. The standard InChI is InChI=1S/C16H13Cl3N4OS2/c1-2-23-15(13-4-3-5-25-13)21-22-16(23)26-8-14(24)20-12-7-10(18)9(17)6-11(12)19/h3-7H,2,8H2,1H3,(H,20,24). The Balaban J connectivity index is 1.68. The van der Waals surface area contributed by atoms with Gasteiger partial charge in [0.2, 0.25) is 5.91 Å². The molecule has 0 radical (unpaired) electrons. The fraction of sp³-hybridized carbons (Fsp3) is 0.188. The number of carbonyl (C=O) groups excluding carboxylic acids is 1. The zero-order valence-corrected chi connectivity index (χ0v) is 17.4. The van der Waals surface area contributed by atoms with Gasteiger partial charge in [-0.2, -0.15) is 0 Å². The maximum Gasteiger partial charge on any atom is 0.234 e. The number of nitrogens with zero attached hydrogens (tertiary/aromatic N) is 3. The summed E-state index contributed by atoms with van der Waals surface area (Å²) in [6.07, 6.45) is 0. The number of anilines is 1. The molecule has 26 heavy (non-hydrogen) atoms. The Morgan fingerprint density at radius 3 is 2.69 bits per heavy atom. The van der Waals surface area contributed by atoms with E-state index in [1.807, 2.05) is 29.0 Å². The fourth-order valence-electron chi connectivity index (χ4n) is 2.20. The number of rotatable bonds is 6. The molecular formula is C16H13Cl3N4OS2. The highest BCUT2D eigenvalue weighted by Crippen LogP contribution is 2.32. The highest BCUT2D eigenvalue weighted by atomic mass is 35.5. The summed E-state index contributed by atoms with van der Waals surface area (Å²) < 4.78 is 1.98. The summed E-state index contributed by atoms with van der Waals surface area (Å²) in [6.45, 7) is 2.73. The normalized spacial score (nSPS) is 10.9. The number of benzene rings is 1. The Kier molecular flexibility index (Phi) is 6.47. The van der Waals surface area contributed by atoms with E-state index in [0.717, 1.165) is 10.7 Å². The van der Waals surface area contributed by atoms with Gasteiger partial charge in [0.25, 0.3) is 0 Å². The fourth-order valence-corrected chi connectivity index (χ4v) is 4.32. The molecule has 0 unspecified atom stereocenters. The van der Waals surface area contributed by atoms with Crippen LogP contribution < -0.4 is 5.32 Å². The van der Waals surface area contributed by atoms with E-state index < -0.39 is 0 Å². The van der Waals surface area contributed by atoms with E-state index in [1.165, 1.54) is 23.9 Å². The number of carbonyl (C=O) groups is 1. The summed E-state index contributed by atoms with van der Waals surface area (Å²) >= 11 is 20.8. The molecule has 0 aliphatic heterocycles. The van der Waals surface area contributed by atoms with Crippen LogP contribution in [0, 0.1) is 0 Å². The van der Waals surface area contributed by atoms with Crippen LogP contribution >= 0.6 is 57.9 Å². The second-order valence-electron chi connectivity index (χ2n) is 5.11. The van der Waals surface area contributed by atoms with E-state index in [0.29, 0.717) is 32.5 Å². The maximum atomic E-state index is 12.2. The summed E-state index contributed by atoms with van der Waals surface area (Å²) in [5.74, 6) is 0.746. The number of thioether (sulfide) groups is 1. The minimum Gasteiger partial charge on any atom is -0.324 e. The lowest BCUT2D eigenvalue weighted by Crippen LogP contribution is -2.15. The molecule has 0 saturated heterocycles. The average molecular weight is 448 g/mol. The molecular weight excluding hydrogens is 435 g/mol. The van der Waals surface area contributed by atoms with Crippen molar-refractivity contribution in [3.63, 3.8) is 0 Å².